The van der Waals surface area contributed by atoms with Crippen LogP contribution in [-0.2, 0) is 10.5 Å². The number of aldehydes is 1. The summed E-state index contributed by atoms with van der Waals surface area (Å²) in [5.41, 5.74) is -1.79. The summed E-state index contributed by atoms with van der Waals surface area (Å²) in [5, 5.41) is 0.303. The minimum Gasteiger partial charge on any atom is -0.489 e. The highest BCUT2D eigenvalue weighted by Crippen LogP contribution is 2.31. The van der Waals surface area contributed by atoms with Crippen molar-refractivity contribution in [1.82, 2.24) is 0 Å². The molecule has 4 heteroatoms. The van der Waals surface area contributed by atoms with Gasteiger partial charge in [0.15, 0.2) is 12.0 Å². The van der Waals surface area contributed by atoms with E-state index in [9.17, 15) is 9.18 Å². The van der Waals surface area contributed by atoms with Crippen molar-refractivity contribution in [2.24, 2.45) is 0 Å². The van der Waals surface area contributed by atoms with Gasteiger partial charge in [0, 0.05) is 0 Å². The molecule has 1 aromatic rings. The number of rotatable bonds is 4. The van der Waals surface area contributed by atoms with Gasteiger partial charge in [0.25, 0.3) is 0 Å². The Morgan fingerprint density at radius 3 is 2.56 bits per heavy atom. The number of carbonyl (C=O) groups excluding carboxylic acids is 1. The highest BCUT2D eigenvalue weighted by molar-refractivity contribution is 6.32. The summed E-state index contributed by atoms with van der Waals surface area (Å²) in [6.07, 6.45) is 0.243. The third-order valence-electron chi connectivity index (χ3n) is 2.08. The van der Waals surface area contributed by atoms with Gasteiger partial charge in [-0.05, 0) is 38.5 Å². The number of ether oxygens (including phenoxy) is 1. The van der Waals surface area contributed by atoms with Crippen LogP contribution in [0.25, 0.3) is 0 Å². The van der Waals surface area contributed by atoms with E-state index in [0.29, 0.717) is 10.8 Å². The molecule has 2 nitrogen and oxygen atoms in total. The molecule has 0 saturated carbocycles. The Morgan fingerprint density at radius 2 is 2.12 bits per heavy atom. The molecule has 0 saturated heterocycles. The number of hydrogen-bond donors (Lipinski definition) is 0. The van der Waals surface area contributed by atoms with Gasteiger partial charge < -0.3 is 4.74 Å². The van der Waals surface area contributed by atoms with Gasteiger partial charge in [0.1, 0.15) is 5.75 Å². The lowest BCUT2D eigenvalue weighted by Gasteiger charge is -2.16. The summed E-state index contributed by atoms with van der Waals surface area (Å²) < 4.78 is 19.1. The number of carbonyl (C=O) groups is 1. The van der Waals surface area contributed by atoms with Crippen LogP contribution in [0.3, 0.4) is 0 Å². The second-order valence-electron chi connectivity index (χ2n) is 4.01. The molecular formula is C12H14ClFO2. The molecule has 0 heterocycles. The summed E-state index contributed by atoms with van der Waals surface area (Å²) >= 11 is 5.93. The van der Waals surface area contributed by atoms with Crippen molar-refractivity contribution in [2.45, 2.75) is 32.5 Å². The van der Waals surface area contributed by atoms with Crippen molar-refractivity contribution >= 4 is 17.9 Å². The SMILES string of the molecule is CC(C)Oc1ccc(C(C)(F)C=O)cc1Cl. The van der Waals surface area contributed by atoms with Crippen LogP contribution in [0.2, 0.25) is 5.02 Å². The van der Waals surface area contributed by atoms with Crippen molar-refractivity contribution in [2.75, 3.05) is 0 Å². The van der Waals surface area contributed by atoms with Crippen LogP contribution in [0.4, 0.5) is 4.39 Å². The average Bonchev–Trinajstić information content (AvgIpc) is 2.20. The van der Waals surface area contributed by atoms with Crippen molar-refractivity contribution in [3.63, 3.8) is 0 Å². The lowest BCUT2D eigenvalue weighted by molar-refractivity contribution is -0.117. The molecular weight excluding hydrogens is 231 g/mol. The van der Waals surface area contributed by atoms with Gasteiger partial charge in [-0.15, -0.1) is 0 Å². The Hall–Kier alpha value is -1.09. The van der Waals surface area contributed by atoms with E-state index in [1.54, 1.807) is 6.07 Å². The van der Waals surface area contributed by atoms with E-state index in [4.69, 9.17) is 16.3 Å². The maximum atomic E-state index is 13.7. The Morgan fingerprint density at radius 1 is 1.50 bits per heavy atom. The van der Waals surface area contributed by atoms with Crippen LogP contribution in [-0.4, -0.2) is 12.4 Å². The van der Waals surface area contributed by atoms with E-state index in [1.807, 2.05) is 13.8 Å². The molecule has 0 aliphatic heterocycles. The largest absolute Gasteiger partial charge is 0.489 e. The Labute approximate surface area is 99.4 Å². The first kappa shape index (κ1) is 13.0. The van der Waals surface area contributed by atoms with Crippen LogP contribution < -0.4 is 4.74 Å². The summed E-state index contributed by atoms with van der Waals surface area (Å²) in [6, 6.07) is 4.48. The maximum Gasteiger partial charge on any atom is 0.188 e. The van der Waals surface area contributed by atoms with Gasteiger partial charge in [0.2, 0.25) is 0 Å². The number of alkyl halides is 1. The second-order valence-corrected chi connectivity index (χ2v) is 4.41. The molecule has 0 spiro atoms. The lowest BCUT2D eigenvalue weighted by atomic mass is 10.00. The third-order valence-corrected chi connectivity index (χ3v) is 2.38. The minimum absolute atomic E-state index is 0.00817. The molecule has 1 unspecified atom stereocenters. The monoisotopic (exact) mass is 244 g/mol. The number of hydrogen-bond acceptors (Lipinski definition) is 2. The van der Waals surface area contributed by atoms with Crippen LogP contribution in [0.5, 0.6) is 5.75 Å². The van der Waals surface area contributed by atoms with E-state index in [2.05, 4.69) is 0 Å². The van der Waals surface area contributed by atoms with E-state index in [1.165, 1.54) is 19.1 Å². The molecule has 88 valence electrons. The number of halogens is 2. The fourth-order valence-electron chi connectivity index (χ4n) is 1.22. The zero-order valence-corrected chi connectivity index (χ0v) is 10.2. The standard InChI is InChI=1S/C12H14ClFO2/c1-8(2)16-11-5-4-9(6-10(11)13)12(3,14)7-15/h4-8H,1-3H3. The highest BCUT2D eigenvalue weighted by Gasteiger charge is 2.25. The number of benzene rings is 1. The molecule has 16 heavy (non-hydrogen) atoms. The summed E-state index contributed by atoms with van der Waals surface area (Å²) in [4.78, 5) is 10.6. The third kappa shape index (κ3) is 2.95. The van der Waals surface area contributed by atoms with E-state index in [-0.39, 0.29) is 18.0 Å². The van der Waals surface area contributed by atoms with Gasteiger partial charge in [-0.25, -0.2) is 4.39 Å². The van der Waals surface area contributed by atoms with E-state index < -0.39 is 5.67 Å². The summed E-state index contributed by atoms with van der Waals surface area (Å²) in [5.74, 6) is 0.488. The molecule has 0 bridgehead atoms. The molecule has 0 fully saturated rings. The summed E-state index contributed by atoms with van der Waals surface area (Å²) in [6.45, 7) is 4.93. The Balaban J connectivity index is 3.04. The molecule has 0 aliphatic carbocycles. The van der Waals surface area contributed by atoms with Gasteiger partial charge in [-0.3, -0.25) is 4.79 Å². The van der Waals surface area contributed by atoms with Crippen molar-refractivity contribution in [3.8, 4) is 5.75 Å². The van der Waals surface area contributed by atoms with E-state index in [0.717, 1.165) is 0 Å². The van der Waals surface area contributed by atoms with Crippen LogP contribution in [0.1, 0.15) is 26.3 Å². The normalized spacial score (nSPS) is 14.6. The summed E-state index contributed by atoms with van der Waals surface area (Å²) in [7, 11) is 0. The molecule has 1 rings (SSSR count). The van der Waals surface area contributed by atoms with Crippen molar-refractivity contribution in [3.05, 3.63) is 28.8 Å². The average molecular weight is 245 g/mol. The molecule has 1 aromatic carbocycles. The maximum absolute atomic E-state index is 13.7. The molecule has 0 aromatic heterocycles. The Bertz CT molecular complexity index is 389. The fourth-order valence-corrected chi connectivity index (χ4v) is 1.45. The van der Waals surface area contributed by atoms with Gasteiger partial charge in [-0.1, -0.05) is 17.7 Å². The predicted octanol–water partition coefficient (Wildman–Crippen LogP) is 3.51. The quantitative estimate of drug-likeness (QED) is 0.758. The molecule has 0 N–H and O–H groups in total. The minimum atomic E-state index is -2.01. The lowest BCUT2D eigenvalue weighted by Crippen LogP contribution is -2.16. The van der Waals surface area contributed by atoms with Crippen LogP contribution >= 0.6 is 11.6 Å². The molecule has 0 aliphatic rings. The first-order chi connectivity index (χ1) is 7.36. The van der Waals surface area contributed by atoms with Crippen molar-refractivity contribution < 1.29 is 13.9 Å². The van der Waals surface area contributed by atoms with Crippen LogP contribution in [0.15, 0.2) is 18.2 Å². The van der Waals surface area contributed by atoms with Gasteiger partial charge >= 0.3 is 0 Å². The van der Waals surface area contributed by atoms with Gasteiger partial charge in [-0.2, -0.15) is 0 Å². The Kier molecular flexibility index (Phi) is 3.92. The van der Waals surface area contributed by atoms with Crippen LogP contribution in [0, 0.1) is 0 Å². The first-order valence-corrected chi connectivity index (χ1v) is 5.36. The fraction of sp³-hybridized carbons (Fsp3) is 0.417. The zero-order valence-electron chi connectivity index (χ0n) is 9.46. The van der Waals surface area contributed by atoms with Crippen molar-refractivity contribution in [1.29, 1.82) is 0 Å². The second kappa shape index (κ2) is 4.83. The highest BCUT2D eigenvalue weighted by atomic mass is 35.5. The topological polar surface area (TPSA) is 26.3 Å². The van der Waals surface area contributed by atoms with Gasteiger partial charge in [0.05, 0.1) is 11.1 Å². The zero-order chi connectivity index (χ0) is 12.3. The van der Waals surface area contributed by atoms with E-state index >= 15 is 0 Å². The first-order valence-electron chi connectivity index (χ1n) is 4.98. The molecule has 0 amide bonds. The predicted molar refractivity (Wildman–Crippen MR) is 61.7 cm³/mol. The molecule has 0 radical (unpaired) electrons. The molecule has 1 atom stereocenters. The smallest absolute Gasteiger partial charge is 0.188 e.